The summed E-state index contributed by atoms with van der Waals surface area (Å²) >= 11 is 5.93. The molecule has 0 heterocycles. The summed E-state index contributed by atoms with van der Waals surface area (Å²) < 4.78 is 44.3. The number of benzene rings is 1. The summed E-state index contributed by atoms with van der Waals surface area (Å²) in [6.45, 7) is 0.320. The van der Waals surface area contributed by atoms with E-state index in [1.807, 2.05) is 0 Å². The maximum absolute atomic E-state index is 13.0. The van der Waals surface area contributed by atoms with E-state index < -0.39 is 18.1 Å². The van der Waals surface area contributed by atoms with Crippen LogP contribution in [0.15, 0.2) is 18.2 Å². The Morgan fingerprint density at radius 3 is 2.67 bits per heavy atom. The molecule has 2 unspecified atom stereocenters. The Labute approximate surface area is 127 Å². The molecule has 0 aliphatic heterocycles. The van der Waals surface area contributed by atoms with Gasteiger partial charge >= 0.3 is 6.18 Å². The molecule has 1 aliphatic rings. The van der Waals surface area contributed by atoms with Crippen LogP contribution in [0, 0.1) is 5.92 Å². The second-order valence-corrected chi connectivity index (χ2v) is 5.81. The number of halogens is 4. The third-order valence-corrected chi connectivity index (χ3v) is 4.22. The smallest absolute Gasteiger partial charge is 0.393 e. The first-order chi connectivity index (χ1) is 9.91. The SMILES string of the molecule is COc1ccc(Cl)cc1CNC1CCCCC1C(F)(F)F. The second-order valence-electron chi connectivity index (χ2n) is 5.38. The molecule has 1 fully saturated rings. The van der Waals surface area contributed by atoms with Crippen LogP contribution in [-0.4, -0.2) is 19.3 Å². The molecular weight excluding hydrogens is 303 g/mol. The van der Waals surface area contributed by atoms with Gasteiger partial charge in [-0.2, -0.15) is 13.2 Å². The fourth-order valence-corrected chi connectivity index (χ4v) is 3.09. The Morgan fingerprint density at radius 2 is 2.00 bits per heavy atom. The number of hydrogen-bond acceptors (Lipinski definition) is 2. The van der Waals surface area contributed by atoms with E-state index in [9.17, 15) is 13.2 Å². The Balaban J connectivity index is 2.05. The van der Waals surface area contributed by atoms with Crippen molar-refractivity contribution in [2.75, 3.05) is 7.11 Å². The summed E-state index contributed by atoms with van der Waals surface area (Å²) in [5.41, 5.74) is 0.775. The van der Waals surface area contributed by atoms with Crippen LogP contribution in [0.2, 0.25) is 5.02 Å². The molecule has 6 heteroatoms. The lowest BCUT2D eigenvalue weighted by atomic mass is 9.84. The Bertz CT molecular complexity index is 478. The van der Waals surface area contributed by atoms with Gasteiger partial charge in [0.15, 0.2) is 0 Å². The highest BCUT2D eigenvalue weighted by Gasteiger charge is 2.45. The second kappa shape index (κ2) is 6.88. The third kappa shape index (κ3) is 4.27. The van der Waals surface area contributed by atoms with E-state index >= 15 is 0 Å². The lowest BCUT2D eigenvalue weighted by molar-refractivity contribution is -0.189. The van der Waals surface area contributed by atoms with Crippen LogP contribution in [0.5, 0.6) is 5.75 Å². The zero-order valence-corrected chi connectivity index (χ0v) is 12.6. The summed E-state index contributed by atoms with van der Waals surface area (Å²) in [5, 5.41) is 3.58. The summed E-state index contributed by atoms with van der Waals surface area (Å²) in [5.74, 6) is -0.636. The molecule has 0 saturated heterocycles. The van der Waals surface area contributed by atoms with Gasteiger partial charge in [-0.25, -0.2) is 0 Å². The largest absolute Gasteiger partial charge is 0.496 e. The Kier molecular flexibility index (Phi) is 5.38. The van der Waals surface area contributed by atoms with Crippen molar-refractivity contribution < 1.29 is 17.9 Å². The fourth-order valence-electron chi connectivity index (χ4n) is 2.89. The van der Waals surface area contributed by atoms with Gasteiger partial charge in [0.05, 0.1) is 13.0 Å². The quantitative estimate of drug-likeness (QED) is 0.877. The van der Waals surface area contributed by atoms with Crippen LogP contribution in [0.4, 0.5) is 13.2 Å². The molecule has 118 valence electrons. The first kappa shape index (κ1) is 16.4. The summed E-state index contributed by atoms with van der Waals surface area (Å²) in [7, 11) is 1.53. The van der Waals surface area contributed by atoms with Crippen molar-refractivity contribution in [3.05, 3.63) is 28.8 Å². The van der Waals surface area contributed by atoms with Crippen molar-refractivity contribution in [3.63, 3.8) is 0 Å². The van der Waals surface area contributed by atoms with Crippen molar-refractivity contribution in [2.45, 2.75) is 44.4 Å². The number of ether oxygens (including phenoxy) is 1. The minimum absolute atomic E-state index is 0.202. The molecule has 1 aliphatic carbocycles. The Hall–Kier alpha value is -0.940. The maximum Gasteiger partial charge on any atom is 0.393 e. The Morgan fingerprint density at radius 1 is 1.29 bits per heavy atom. The predicted molar refractivity (Wildman–Crippen MR) is 76.6 cm³/mol. The van der Waals surface area contributed by atoms with Gasteiger partial charge in [0.2, 0.25) is 0 Å². The molecule has 2 rings (SSSR count). The molecule has 0 amide bonds. The van der Waals surface area contributed by atoms with Gasteiger partial charge in [-0.15, -0.1) is 0 Å². The van der Waals surface area contributed by atoms with E-state index in [1.54, 1.807) is 18.2 Å². The zero-order chi connectivity index (χ0) is 15.5. The van der Waals surface area contributed by atoms with E-state index in [0.717, 1.165) is 12.0 Å². The van der Waals surface area contributed by atoms with Crippen molar-refractivity contribution >= 4 is 11.6 Å². The van der Waals surface area contributed by atoms with Gasteiger partial charge in [0.25, 0.3) is 0 Å². The van der Waals surface area contributed by atoms with Crippen LogP contribution in [0.25, 0.3) is 0 Å². The van der Waals surface area contributed by atoms with E-state index in [1.165, 1.54) is 7.11 Å². The number of methoxy groups -OCH3 is 1. The van der Waals surface area contributed by atoms with Crippen LogP contribution in [-0.2, 0) is 6.54 Å². The molecule has 1 aromatic carbocycles. The van der Waals surface area contributed by atoms with Crippen LogP contribution in [0.3, 0.4) is 0 Å². The minimum atomic E-state index is -4.14. The molecule has 21 heavy (non-hydrogen) atoms. The van der Waals surface area contributed by atoms with E-state index in [0.29, 0.717) is 30.2 Å². The third-order valence-electron chi connectivity index (χ3n) is 3.98. The van der Waals surface area contributed by atoms with E-state index in [2.05, 4.69) is 5.32 Å². The van der Waals surface area contributed by atoms with Crippen molar-refractivity contribution in [2.24, 2.45) is 5.92 Å². The molecule has 0 aromatic heterocycles. The predicted octanol–water partition coefficient (Wildman–Crippen LogP) is 4.56. The number of hydrogen-bond donors (Lipinski definition) is 1. The maximum atomic E-state index is 13.0. The standard InChI is InChI=1S/C15H19ClF3NO/c1-21-14-7-6-11(16)8-10(14)9-20-13-5-3-2-4-12(13)15(17,18)19/h6-8,12-13,20H,2-5,9H2,1H3. The number of nitrogens with one attached hydrogen (secondary N) is 1. The molecular formula is C15H19ClF3NO. The van der Waals surface area contributed by atoms with Crippen LogP contribution in [0.1, 0.15) is 31.2 Å². The van der Waals surface area contributed by atoms with Crippen molar-refractivity contribution in [3.8, 4) is 5.75 Å². The normalized spacial score (nSPS) is 23.1. The highest BCUT2D eigenvalue weighted by atomic mass is 35.5. The van der Waals surface area contributed by atoms with Crippen molar-refractivity contribution in [1.29, 1.82) is 0 Å². The lowest BCUT2D eigenvalue weighted by Gasteiger charge is -2.33. The van der Waals surface area contributed by atoms with Crippen molar-refractivity contribution in [1.82, 2.24) is 5.32 Å². The summed E-state index contributed by atoms with van der Waals surface area (Å²) in [6.07, 6.45) is -1.92. The molecule has 0 spiro atoms. The monoisotopic (exact) mass is 321 g/mol. The molecule has 2 nitrogen and oxygen atoms in total. The lowest BCUT2D eigenvalue weighted by Crippen LogP contribution is -2.45. The molecule has 1 saturated carbocycles. The summed E-state index contributed by atoms with van der Waals surface area (Å²) in [4.78, 5) is 0. The van der Waals surface area contributed by atoms with Gasteiger partial charge in [-0.05, 0) is 31.0 Å². The van der Waals surface area contributed by atoms with Gasteiger partial charge in [-0.3, -0.25) is 0 Å². The zero-order valence-electron chi connectivity index (χ0n) is 11.8. The molecule has 0 bridgehead atoms. The van der Waals surface area contributed by atoms with E-state index in [4.69, 9.17) is 16.3 Å². The molecule has 1 N–H and O–H groups in total. The molecule has 1 aromatic rings. The molecule has 0 radical (unpaired) electrons. The number of rotatable bonds is 4. The average Bonchev–Trinajstić information content (AvgIpc) is 2.44. The summed E-state index contributed by atoms with van der Waals surface area (Å²) in [6, 6.07) is 4.60. The highest BCUT2D eigenvalue weighted by Crippen LogP contribution is 2.38. The van der Waals surface area contributed by atoms with Gasteiger partial charge < -0.3 is 10.1 Å². The van der Waals surface area contributed by atoms with Gasteiger partial charge in [0.1, 0.15) is 5.75 Å². The first-order valence-corrected chi connectivity index (χ1v) is 7.42. The fraction of sp³-hybridized carbons (Fsp3) is 0.600. The molecule has 2 atom stereocenters. The number of alkyl halides is 3. The average molecular weight is 322 g/mol. The van der Waals surface area contributed by atoms with Gasteiger partial charge in [-0.1, -0.05) is 24.4 Å². The van der Waals surface area contributed by atoms with Crippen LogP contribution >= 0.6 is 11.6 Å². The first-order valence-electron chi connectivity index (χ1n) is 7.04. The highest BCUT2D eigenvalue weighted by molar-refractivity contribution is 6.30. The topological polar surface area (TPSA) is 21.3 Å². The minimum Gasteiger partial charge on any atom is -0.496 e. The van der Waals surface area contributed by atoms with E-state index in [-0.39, 0.29) is 6.42 Å². The van der Waals surface area contributed by atoms with Crippen LogP contribution < -0.4 is 10.1 Å². The van der Waals surface area contributed by atoms with Gasteiger partial charge in [0, 0.05) is 23.2 Å².